The van der Waals surface area contributed by atoms with Crippen LogP contribution in [0.2, 0.25) is 0 Å². The van der Waals surface area contributed by atoms with Crippen molar-refractivity contribution >= 4 is 23.2 Å². The van der Waals surface area contributed by atoms with E-state index in [9.17, 15) is 9.59 Å². The van der Waals surface area contributed by atoms with Gasteiger partial charge >= 0.3 is 5.97 Å². The minimum atomic E-state index is -0.639. The number of benzene rings is 2. The molecule has 0 atom stereocenters. The largest absolute Gasteiger partial charge is 0.493 e. The van der Waals surface area contributed by atoms with Gasteiger partial charge in [-0.1, -0.05) is 30.3 Å². The van der Waals surface area contributed by atoms with E-state index < -0.39 is 5.97 Å². The van der Waals surface area contributed by atoms with Crippen molar-refractivity contribution in [2.45, 2.75) is 6.54 Å². The molecule has 2 aromatic carbocycles. The van der Waals surface area contributed by atoms with Gasteiger partial charge in [0.2, 0.25) is 0 Å². The Balaban J connectivity index is 1.59. The molecule has 1 heterocycles. The zero-order valence-electron chi connectivity index (χ0n) is 17.0. The number of hydrogen-bond donors (Lipinski definition) is 0. The van der Waals surface area contributed by atoms with E-state index in [0.29, 0.717) is 23.1 Å². The molecular weight excluding hydrogens is 404 g/mol. The second-order valence-electron chi connectivity index (χ2n) is 6.42. The number of carbonyl (C=O) groups is 2. The van der Waals surface area contributed by atoms with Crippen LogP contribution in [0, 0.1) is 0 Å². The van der Waals surface area contributed by atoms with Gasteiger partial charge in [-0.25, -0.2) is 9.78 Å². The lowest BCUT2D eigenvalue weighted by molar-refractivity contribution is -0.133. The van der Waals surface area contributed by atoms with E-state index in [1.165, 1.54) is 16.2 Å². The number of methoxy groups -OCH3 is 2. The molecule has 0 saturated heterocycles. The van der Waals surface area contributed by atoms with E-state index in [1.54, 1.807) is 38.8 Å². The Morgan fingerprint density at radius 2 is 1.77 bits per heavy atom. The topological polar surface area (TPSA) is 78.0 Å². The molecular formula is C22H22N2O5S. The Morgan fingerprint density at radius 3 is 2.47 bits per heavy atom. The van der Waals surface area contributed by atoms with Crippen molar-refractivity contribution in [2.24, 2.45) is 0 Å². The highest BCUT2D eigenvalue weighted by atomic mass is 32.1. The monoisotopic (exact) mass is 426 g/mol. The maximum Gasteiger partial charge on any atom is 0.358 e. The van der Waals surface area contributed by atoms with Crippen LogP contribution >= 0.6 is 11.3 Å². The number of nitrogens with zero attached hydrogens (tertiary/aromatic N) is 2. The molecule has 0 aliphatic heterocycles. The lowest BCUT2D eigenvalue weighted by Gasteiger charge is -2.17. The molecule has 7 nitrogen and oxygen atoms in total. The zero-order chi connectivity index (χ0) is 21.5. The number of esters is 1. The summed E-state index contributed by atoms with van der Waals surface area (Å²) in [6, 6.07) is 15.0. The molecule has 0 saturated carbocycles. The van der Waals surface area contributed by atoms with Crippen LogP contribution in [0.4, 0.5) is 0 Å². The molecule has 3 rings (SSSR count). The summed E-state index contributed by atoms with van der Waals surface area (Å²) in [5, 5.41) is 2.24. The molecule has 1 aromatic heterocycles. The van der Waals surface area contributed by atoms with E-state index in [-0.39, 0.29) is 18.2 Å². The van der Waals surface area contributed by atoms with E-state index >= 15 is 0 Å². The van der Waals surface area contributed by atoms with Gasteiger partial charge < -0.3 is 19.1 Å². The van der Waals surface area contributed by atoms with Crippen LogP contribution in [-0.2, 0) is 16.1 Å². The van der Waals surface area contributed by atoms with Crippen molar-refractivity contribution in [3.63, 3.8) is 0 Å². The lowest BCUT2D eigenvalue weighted by atomic mass is 10.2. The van der Waals surface area contributed by atoms with Crippen molar-refractivity contribution < 1.29 is 23.8 Å². The van der Waals surface area contributed by atoms with Gasteiger partial charge in [0.25, 0.3) is 5.91 Å². The number of hydrogen-bond acceptors (Lipinski definition) is 7. The van der Waals surface area contributed by atoms with Crippen LogP contribution in [-0.4, -0.2) is 49.6 Å². The minimum absolute atomic E-state index is 0.156. The molecule has 1 amide bonds. The SMILES string of the molecule is COc1ccc(-c2nc(C(=O)OCC(=O)N(C)Cc3ccccc3)cs2)cc1OC. The Labute approximate surface area is 178 Å². The first-order valence-corrected chi connectivity index (χ1v) is 10.0. The molecule has 156 valence electrons. The van der Waals surface area contributed by atoms with E-state index in [0.717, 1.165) is 11.1 Å². The smallest absolute Gasteiger partial charge is 0.358 e. The molecule has 0 N–H and O–H groups in total. The first-order valence-electron chi connectivity index (χ1n) is 9.14. The summed E-state index contributed by atoms with van der Waals surface area (Å²) in [6.45, 7) is 0.1000. The van der Waals surface area contributed by atoms with Crippen molar-refractivity contribution in [2.75, 3.05) is 27.9 Å². The summed E-state index contributed by atoms with van der Waals surface area (Å²) in [5.74, 6) is 0.249. The maximum absolute atomic E-state index is 12.3. The second kappa shape index (κ2) is 9.89. The molecule has 0 radical (unpaired) electrons. The highest BCUT2D eigenvalue weighted by molar-refractivity contribution is 7.13. The first kappa shape index (κ1) is 21.3. The summed E-state index contributed by atoms with van der Waals surface area (Å²) in [5.41, 5.74) is 1.94. The molecule has 0 spiro atoms. The van der Waals surface area contributed by atoms with E-state index in [1.807, 2.05) is 36.4 Å². The molecule has 3 aromatic rings. The van der Waals surface area contributed by atoms with Gasteiger partial charge in [0.05, 0.1) is 14.2 Å². The Kier molecular flexibility index (Phi) is 7.03. The Morgan fingerprint density at radius 1 is 1.03 bits per heavy atom. The summed E-state index contributed by atoms with van der Waals surface area (Å²) >= 11 is 1.30. The molecule has 0 bridgehead atoms. The van der Waals surface area contributed by atoms with Crippen LogP contribution in [0.3, 0.4) is 0 Å². The van der Waals surface area contributed by atoms with Gasteiger partial charge in [-0.2, -0.15) is 0 Å². The van der Waals surface area contributed by atoms with Gasteiger partial charge in [0.1, 0.15) is 5.01 Å². The number of ether oxygens (including phenoxy) is 3. The molecule has 0 aliphatic carbocycles. The third kappa shape index (κ3) is 5.15. The highest BCUT2D eigenvalue weighted by Gasteiger charge is 2.17. The minimum Gasteiger partial charge on any atom is -0.493 e. The normalized spacial score (nSPS) is 10.4. The Bertz CT molecular complexity index is 1020. The lowest BCUT2D eigenvalue weighted by Crippen LogP contribution is -2.30. The maximum atomic E-state index is 12.3. The molecule has 8 heteroatoms. The van der Waals surface area contributed by atoms with Gasteiger partial charge in [0, 0.05) is 24.5 Å². The standard InChI is InChI=1S/C22H22N2O5S/c1-24(12-15-7-5-4-6-8-15)20(25)13-29-22(26)17-14-30-21(23-17)16-9-10-18(27-2)19(11-16)28-3/h4-11,14H,12-13H2,1-3H3. The molecule has 0 fully saturated rings. The zero-order valence-corrected chi connectivity index (χ0v) is 17.8. The summed E-state index contributed by atoms with van der Waals surface area (Å²) < 4.78 is 15.7. The van der Waals surface area contributed by atoms with Gasteiger partial charge in [-0.15, -0.1) is 11.3 Å². The fraction of sp³-hybridized carbons (Fsp3) is 0.227. The van der Waals surface area contributed by atoms with Crippen molar-refractivity contribution in [3.05, 3.63) is 65.2 Å². The summed E-state index contributed by atoms with van der Waals surface area (Å²) in [6.07, 6.45) is 0. The second-order valence-corrected chi connectivity index (χ2v) is 7.28. The quantitative estimate of drug-likeness (QED) is 0.512. The van der Waals surface area contributed by atoms with Crippen molar-refractivity contribution in [1.29, 1.82) is 0 Å². The number of carbonyl (C=O) groups excluding carboxylic acids is 2. The van der Waals surface area contributed by atoms with Crippen LogP contribution in [0.25, 0.3) is 10.6 Å². The van der Waals surface area contributed by atoms with Crippen LogP contribution in [0.5, 0.6) is 11.5 Å². The van der Waals surface area contributed by atoms with Crippen LogP contribution in [0.1, 0.15) is 16.1 Å². The van der Waals surface area contributed by atoms with Gasteiger partial charge in [0.15, 0.2) is 23.8 Å². The van der Waals surface area contributed by atoms with E-state index in [4.69, 9.17) is 14.2 Å². The average Bonchev–Trinajstić information content (AvgIpc) is 3.27. The van der Waals surface area contributed by atoms with Gasteiger partial charge in [-0.05, 0) is 23.8 Å². The van der Waals surface area contributed by atoms with E-state index in [2.05, 4.69) is 4.98 Å². The number of amides is 1. The first-order chi connectivity index (χ1) is 14.5. The molecule has 0 aliphatic rings. The predicted molar refractivity (Wildman–Crippen MR) is 114 cm³/mol. The molecule has 30 heavy (non-hydrogen) atoms. The third-order valence-electron chi connectivity index (χ3n) is 4.36. The fourth-order valence-electron chi connectivity index (χ4n) is 2.73. The highest BCUT2D eigenvalue weighted by Crippen LogP contribution is 2.33. The number of thiazole rings is 1. The van der Waals surface area contributed by atoms with Crippen LogP contribution < -0.4 is 9.47 Å². The van der Waals surface area contributed by atoms with Gasteiger partial charge in [-0.3, -0.25) is 4.79 Å². The summed E-state index contributed by atoms with van der Waals surface area (Å²) in [7, 11) is 4.78. The Hall–Kier alpha value is -3.39. The number of rotatable bonds is 8. The van der Waals surface area contributed by atoms with Crippen LogP contribution in [0.15, 0.2) is 53.9 Å². The van der Waals surface area contributed by atoms with Crippen molar-refractivity contribution in [3.8, 4) is 22.1 Å². The fourth-order valence-corrected chi connectivity index (χ4v) is 3.51. The third-order valence-corrected chi connectivity index (χ3v) is 5.25. The number of likely N-dealkylation sites (N-methyl/N-ethyl adjacent to an activating group) is 1. The van der Waals surface area contributed by atoms with Crippen molar-refractivity contribution in [1.82, 2.24) is 9.88 Å². The average molecular weight is 426 g/mol. The summed E-state index contributed by atoms with van der Waals surface area (Å²) in [4.78, 5) is 30.4. The molecule has 0 unspecified atom stereocenters. The number of aromatic nitrogens is 1. The predicted octanol–water partition coefficient (Wildman–Crippen LogP) is 3.64.